The van der Waals surface area contributed by atoms with Crippen LogP contribution in [0.3, 0.4) is 0 Å². The topological polar surface area (TPSA) is 67.9 Å². The molecule has 0 aromatic heterocycles. The fraction of sp³-hybridized carbons (Fsp3) is 0.148. The Morgan fingerprint density at radius 2 is 1.52 bits per heavy atom. The highest BCUT2D eigenvalue weighted by molar-refractivity contribution is 6.05. The van der Waals surface area contributed by atoms with Crippen molar-refractivity contribution in [1.29, 1.82) is 10.5 Å². The molecule has 3 aromatic carbocycles. The molecule has 0 saturated carbocycles. The lowest BCUT2D eigenvalue weighted by Crippen LogP contribution is -2.45. The maximum absolute atomic E-state index is 14.0. The van der Waals surface area contributed by atoms with Gasteiger partial charge in [-0.3, -0.25) is 4.79 Å². The van der Waals surface area contributed by atoms with E-state index in [0.717, 1.165) is 16.8 Å². The van der Waals surface area contributed by atoms with Crippen LogP contribution in [0, 0.1) is 28.1 Å². The summed E-state index contributed by atoms with van der Waals surface area (Å²) in [6.07, 6.45) is 3.88. The van der Waals surface area contributed by atoms with Crippen LogP contribution >= 0.6 is 0 Å². The van der Waals surface area contributed by atoms with E-state index in [1.807, 2.05) is 77.7 Å². The third kappa shape index (κ3) is 2.62. The summed E-state index contributed by atoms with van der Waals surface area (Å²) in [5.41, 5.74) is 1.72. The third-order valence-electron chi connectivity index (χ3n) is 6.43. The molecular formula is C27H19N3O. The predicted octanol–water partition coefficient (Wildman–Crippen LogP) is 4.97. The molecule has 0 aliphatic carbocycles. The number of nitriles is 2. The van der Waals surface area contributed by atoms with Gasteiger partial charge in [0.1, 0.15) is 6.04 Å². The molecule has 1 saturated heterocycles. The predicted molar refractivity (Wildman–Crippen MR) is 119 cm³/mol. The van der Waals surface area contributed by atoms with Gasteiger partial charge >= 0.3 is 0 Å². The second kappa shape index (κ2) is 7.27. The number of fused-ring (bicyclic) bond motifs is 3. The minimum Gasteiger partial charge on any atom is -0.346 e. The number of para-hydroxylation sites is 1. The van der Waals surface area contributed by atoms with Gasteiger partial charge in [-0.2, -0.15) is 10.5 Å². The van der Waals surface area contributed by atoms with E-state index in [1.165, 1.54) is 0 Å². The quantitative estimate of drug-likeness (QED) is 0.581. The summed E-state index contributed by atoms with van der Waals surface area (Å²) in [7, 11) is 0. The van der Waals surface area contributed by atoms with Crippen molar-refractivity contribution in [3.63, 3.8) is 0 Å². The Morgan fingerprint density at radius 3 is 2.19 bits per heavy atom. The minimum atomic E-state index is -1.44. The second-order valence-electron chi connectivity index (χ2n) is 7.91. The van der Waals surface area contributed by atoms with Gasteiger partial charge in [0.25, 0.3) is 0 Å². The first kappa shape index (κ1) is 18.9. The molecule has 1 fully saturated rings. The van der Waals surface area contributed by atoms with Crippen LogP contribution in [0.15, 0.2) is 91.0 Å². The van der Waals surface area contributed by atoms with Crippen molar-refractivity contribution in [2.24, 2.45) is 5.41 Å². The lowest BCUT2D eigenvalue weighted by atomic mass is 9.65. The van der Waals surface area contributed by atoms with E-state index in [4.69, 9.17) is 0 Å². The Kier molecular flexibility index (Phi) is 4.42. The van der Waals surface area contributed by atoms with E-state index in [0.29, 0.717) is 5.56 Å². The summed E-state index contributed by atoms with van der Waals surface area (Å²) in [4.78, 5) is 16.0. The number of benzene rings is 3. The van der Waals surface area contributed by atoms with Crippen LogP contribution in [0.25, 0.3) is 6.08 Å². The Morgan fingerprint density at radius 1 is 0.871 bits per heavy atom. The standard InChI is InChI=1S/C27H19N3O/c28-17-23-25(20-10-3-1-4-11-20)27(18-29,26(31)21-12-5-2-6-13-21)24-16-15-19-9-7-8-14-22(19)30(23)24/h1-16,23-25H/t23-,24-,25+,27-/m1/s1. The molecule has 2 heterocycles. The summed E-state index contributed by atoms with van der Waals surface area (Å²) in [6.45, 7) is 0. The zero-order valence-corrected chi connectivity index (χ0v) is 16.7. The normalized spacial score (nSPS) is 25.7. The van der Waals surface area contributed by atoms with E-state index >= 15 is 0 Å². The van der Waals surface area contributed by atoms with Crippen LogP contribution in [0.1, 0.15) is 27.4 Å². The fourth-order valence-corrected chi connectivity index (χ4v) is 5.12. The van der Waals surface area contributed by atoms with Crippen molar-refractivity contribution in [2.45, 2.75) is 18.0 Å². The molecule has 5 rings (SSSR count). The zero-order valence-electron chi connectivity index (χ0n) is 16.7. The van der Waals surface area contributed by atoms with Gasteiger partial charge in [-0.1, -0.05) is 91.0 Å². The molecule has 2 aliphatic heterocycles. The number of rotatable bonds is 3. The number of carbonyl (C=O) groups excluding carboxylic acids is 1. The van der Waals surface area contributed by atoms with Gasteiger partial charge in [-0.15, -0.1) is 0 Å². The monoisotopic (exact) mass is 401 g/mol. The van der Waals surface area contributed by atoms with E-state index in [2.05, 4.69) is 12.1 Å². The van der Waals surface area contributed by atoms with E-state index < -0.39 is 23.4 Å². The number of hydrogen-bond acceptors (Lipinski definition) is 4. The molecule has 0 unspecified atom stereocenters. The Bertz CT molecular complexity index is 1250. The molecule has 4 heteroatoms. The van der Waals surface area contributed by atoms with Gasteiger partial charge in [0.2, 0.25) is 0 Å². The van der Waals surface area contributed by atoms with E-state index in [-0.39, 0.29) is 5.78 Å². The Balaban J connectivity index is 1.80. The van der Waals surface area contributed by atoms with E-state index in [1.54, 1.807) is 24.3 Å². The molecule has 2 aliphatic rings. The molecule has 4 atom stereocenters. The average Bonchev–Trinajstić information content (AvgIpc) is 3.15. The lowest BCUT2D eigenvalue weighted by molar-refractivity contribution is 0.0842. The lowest BCUT2D eigenvalue weighted by Gasteiger charge is -2.35. The average molecular weight is 401 g/mol. The minimum absolute atomic E-state index is 0.249. The third-order valence-corrected chi connectivity index (χ3v) is 6.43. The van der Waals surface area contributed by atoms with Gasteiger partial charge in [0, 0.05) is 17.2 Å². The van der Waals surface area contributed by atoms with Crippen LogP contribution < -0.4 is 4.90 Å². The summed E-state index contributed by atoms with van der Waals surface area (Å²) < 4.78 is 0. The summed E-state index contributed by atoms with van der Waals surface area (Å²) >= 11 is 0. The van der Waals surface area contributed by atoms with Crippen LogP contribution in [0.2, 0.25) is 0 Å². The molecule has 0 amide bonds. The number of hydrogen-bond donors (Lipinski definition) is 0. The van der Waals surface area contributed by atoms with Gasteiger partial charge < -0.3 is 4.90 Å². The smallest absolute Gasteiger partial charge is 0.186 e. The van der Waals surface area contributed by atoms with Crippen LogP contribution in [-0.4, -0.2) is 17.9 Å². The summed E-state index contributed by atoms with van der Waals surface area (Å²) in [5.74, 6) is -0.849. The SMILES string of the molecule is N#C[C@@H]1[C@H](c2ccccc2)[C@](C#N)(C(=O)c2ccccc2)[C@H]2C=Cc3ccccc3N12. The molecule has 0 N–H and O–H groups in total. The van der Waals surface area contributed by atoms with Gasteiger partial charge in [-0.25, -0.2) is 0 Å². The van der Waals surface area contributed by atoms with Gasteiger partial charge in [0.15, 0.2) is 11.2 Å². The van der Waals surface area contributed by atoms with Crippen molar-refractivity contribution < 1.29 is 4.79 Å². The molecule has 31 heavy (non-hydrogen) atoms. The Labute approximate surface area is 181 Å². The van der Waals surface area contributed by atoms with Gasteiger partial charge in [-0.05, 0) is 17.2 Å². The van der Waals surface area contributed by atoms with Crippen molar-refractivity contribution >= 4 is 17.5 Å². The second-order valence-corrected chi connectivity index (χ2v) is 7.91. The van der Waals surface area contributed by atoms with Crippen LogP contribution in [-0.2, 0) is 0 Å². The number of nitrogens with zero attached hydrogens (tertiary/aromatic N) is 3. The summed E-state index contributed by atoms with van der Waals surface area (Å²) in [5, 5.41) is 20.9. The maximum Gasteiger partial charge on any atom is 0.186 e. The summed E-state index contributed by atoms with van der Waals surface area (Å²) in [6, 6.07) is 29.9. The van der Waals surface area contributed by atoms with Crippen LogP contribution in [0.4, 0.5) is 5.69 Å². The molecule has 148 valence electrons. The van der Waals surface area contributed by atoms with Crippen molar-refractivity contribution in [1.82, 2.24) is 0 Å². The van der Waals surface area contributed by atoms with Crippen LogP contribution in [0.5, 0.6) is 0 Å². The maximum atomic E-state index is 14.0. The Hall–Kier alpha value is -4.15. The zero-order chi connectivity index (χ0) is 21.4. The van der Waals surface area contributed by atoms with Crippen molar-refractivity contribution in [2.75, 3.05) is 4.90 Å². The first-order valence-corrected chi connectivity index (χ1v) is 10.2. The molecular weight excluding hydrogens is 382 g/mol. The van der Waals surface area contributed by atoms with Gasteiger partial charge in [0.05, 0.1) is 18.2 Å². The molecule has 0 spiro atoms. The first-order chi connectivity index (χ1) is 15.2. The number of anilines is 1. The van der Waals surface area contributed by atoms with Crippen molar-refractivity contribution in [3.05, 3.63) is 108 Å². The molecule has 0 bridgehead atoms. The highest BCUT2D eigenvalue weighted by Crippen LogP contribution is 2.56. The molecule has 4 nitrogen and oxygen atoms in total. The first-order valence-electron chi connectivity index (χ1n) is 10.2. The molecule has 3 aromatic rings. The number of ketones is 1. The fourth-order valence-electron chi connectivity index (χ4n) is 5.12. The number of carbonyl (C=O) groups is 1. The highest BCUT2D eigenvalue weighted by Gasteiger charge is 2.64. The van der Waals surface area contributed by atoms with Crippen molar-refractivity contribution in [3.8, 4) is 12.1 Å². The van der Waals surface area contributed by atoms with E-state index in [9.17, 15) is 15.3 Å². The molecule has 0 radical (unpaired) electrons. The number of Topliss-reactive ketones (excluding diaryl/α,β-unsaturated/α-hetero) is 1. The largest absolute Gasteiger partial charge is 0.346 e. The highest BCUT2D eigenvalue weighted by atomic mass is 16.1.